The Hall–Kier alpha value is -2.68. The molecule has 2 aromatic rings. The lowest BCUT2D eigenvalue weighted by Gasteiger charge is -2.25. The van der Waals surface area contributed by atoms with Crippen molar-refractivity contribution in [1.29, 1.82) is 0 Å². The highest BCUT2D eigenvalue weighted by atomic mass is 32.2. The second-order valence-electron chi connectivity index (χ2n) is 7.27. The monoisotopic (exact) mass is 445 g/mol. The van der Waals surface area contributed by atoms with Gasteiger partial charge in [-0.15, -0.1) is 0 Å². The van der Waals surface area contributed by atoms with E-state index in [9.17, 15) is 13.2 Å². The Morgan fingerprint density at radius 3 is 2.39 bits per heavy atom. The highest BCUT2D eigenvalue weighted by Gasteiger charge is 2.18. The maximum atomic E-state index is 12.4. The number of nitrogens with zero attached hydrogens (tertiary/aromatic N) is 1. The van der Waals surface area contributed by atoms with Crippen LogP contribution in [0.3, 0.4) is 0 Å². The van der Waals surface area contributed by atoms with Crippen LogP contribution in [0.25, 0.3) is 6.08 Å². The number of carbonyl (C=O) groups excluding carboxylic acids is 1. The molecule has 2 aromatic carbocycles. The van der Waals surface area contributed by atoms with E-state index in [1.54, 1.807) is 18.2 Å². The fraction of sp³-hybridized carbons (Fsp3) is 0.348. The first-order valence-electron chi connectivity index (χ1n) is 10.0. The normalized spacial score (nSPS) is 12.8. The molecule has 7 nitrogen and oxygen atoms in total. The van der Waals surface area contributed by atoms with Crippen molar-refractivity contribution in [3.63, 3.8) is 0 Å². The van der Waals surface area contributed by atoms with Gasteiger partial charge in [0.2, 0.25) is 15.9 Å². The minimum atomic E-state index is -3.68. The van der Waals surface area contributed by atoms with E-state index >= 15 is 0 Å². The van der Waals surface area contributed by atoms with E-state index in [-0.39, 0.29) is 22.6 Å². The van der Waals surface area contributed by atoms with E-state index in [4.69, 9.17) is 4.74 Å². The summed E-state index contributed by atoms with van der Waals surface area (Å²) in [4.78, 5) is 14.4. The maximum absolute atomic E-state index is 12.4. The molecule has 0 radical (unpaired) electrons. The van der Waals surface area contributed by atoms with Crippen molar-refractivity contribution in [2.45, 2.75) is 24.3 Å². The number of amides is 1. The summed E-state index contributed by atoms with van der Waals surface area (Å²) < 4.78 is 31.8. The Bertz CT molecular complexity index is 1020. The molecule has 0 saturated heterocycles. The standard InChI is InChI=1S/C23H31N3O4S/c1-6-17-7-11-19(12-8-17)20(26(3)4)16-25-23(27)14-10-18-9-13-21(30-5)22(15-18)31(28,29)24-2/h7-15,20,24H,6,16H2,1-5H3,(H,25,27)/b14-10+/t20-/m1/s1. The number of hydrogen-bond donors (Lipinski definition) is 2. The highest BCUT2D eigenvalue weighted by molar-refractivity contribution is 7.89. The van der Waals surface area contributed by atoms with Gasteiger partial charge in [0.15, 0.2) is 0 Å². The van der Waals surface area contributed by atoms with Crippen LogP contribution in [-0.4, -0.2) is 54.0 Å². The smallest absolute Gasteiger partial charge is 0.244 e. The van der Waals surface area contributed by atoms with Crippen LogP contribution in [0.2, 0.25) is 0 Å². The summed E-state index contributed by atoms with van der Waals surface area (Å²) in [5, 5.41) is 2.92. The van der Waals surface area contributed by atoms with E-state index in [0.29, 0.717) is 12.1 Å². The van der Waals surface area contributed by atoms with E-state index in [2.05, 4.69) is 46.1 Å². The summed E-state index contributed by atoms with van der Waals surface area (Å²) in [6, 6.07) is 13.1. The van der Waals surface area contributed by atoms with Crippen molar-refractivity contribution >= 4 is 22.0 Å². The molecule has 0 aliphatic carbocycles. The van der Waals surface area contributed by atoms with Gasteiger partial charge in [0.25, 0.3) is 0 Å². The molecule has 0 aliphatic heterocycles. The molecule has 0 aliphatic rings. The van der Waals surface area contributed by atoms with Gasteiger partial charge in [0.05, 0.1) is 13.2 Å². The van der Waals surface area contributed by atoms with Gasteiger partial charge < -0.3 is 15.0 Å². The summed E-state index contributed by atoms with van der Waals surface area (Å²) in [5.41, 5.74) is 2.97. The van der Waals surface area contributed by atoms with Crippen molar-refractivity contribution in [3.8, 4) is 5.75 Å². The average molecular weight is 446 g/mol. The van der Waals surface area contributed by atoms with E-state index in [0.717, 1.165) is 12.0 Å². The quantitative estimate of drug-likeness (QED) is 0.549. The van der Waals surface area contributed by atoms with E-state index in [1.165, 1.54) is 31.9 Å². The van der Waals surface area contributed by atoms with Crippen molar-refractivity contribution < 1.29 is 17.9 Å². The van der Waals surface area contributed by atoms with Gasteiger partial charge in [-0.2, -0.15) is 0 Å². The second kappa shape index (κ2) is 11.1. The maximum Gasteiger partial charge on any atom is 0.244 e. The molecular weight excluding hydrogens is 414 g/mol. The molecule has 0 spiro atoms. The van der Waals surface area contributed by atoms with Gasteiger partial charge in [-0.25, -0.2) is 13.1 Å². The Balaban J connectivity index is 2.09. The number of sulfonamides is 1. The first-order chi connectivity index (χ1) is 14.7. The largest absolute Gasteiger partial charge is 0.495 e. The average Bonchev–Trinajstić information content (AvgIpc) is 2.77. The summed E-state index contributed by atoms with van der Waals surface area (Å²) in [6.07, 6.45) is 3.95. The van der Waals surface area contributed by atoms with Gasteiger partial charge in [0, 0.05) is 12.6 Å². The fourth-order valence-electron chi connectivity index (χ4n) is 3.12. The lowest BCUT2D eigenvalue weighted by Crippen LogP contribution is -2.33. The SMILES string of the molecule is CCc1ccc([C@@H](CNC(=O)/C=C/c2ccc(OC)c(S(=O)(=O)NC)c2)N(C)C)cc1. The Morgan fingerprint density at radius 2 is 1.84 bits per heavy atom. The number of rotatable bonds is 10. The molecule has 1 atom stereocenters. The number of benzene rings is 2. The van der Waals surface area contributed by atoms with Gasteiger partial charge in [-0.3, -0.25) is 4.79 Å². The number of carbonyl (C=O) groups is 1. The molecule has 8 heteroatoms. The molecule has 0 bridgehead atoms. The van der Waals surface area contributed by atoms with Crippen LogP contribution in [0.15, 0.2) is 53.4 Å². The molecule has 0 saturated carbocycles. The minimum Gasteiger partial charge on any atom is -0.495 e. The third kappa shape index (κ3) is 6.65. The number of methoxy groups -OCH3 is 1. The van der Waals surface area contributed by atoms with Gasteiger partial charge in [0.1, 0.15) is 10.6 Å². The third-order valence-electron chi connectivity index (χ3n) is 5.04. The van der Waals surface area contributed by atoms with E-state index < -0.39 is 10.0 Å². The van der Waals surface area contributed by atoms with Crippen LogP contribution in [0.1, 0.15) is 29.7 Å². The molecule has 31 heavy (non-hydrogen) atoms. The van der Waals surface area contributed by atoms with Crippen molar-refractivity contribution in [2.24, 2.45) is 0 Å². The Labute approximate surface area is 185 Å². The zero-order valence-corrected chi connectivity index (χ0v) is 19.5. The van der Waals surface area contributed by atoms with Gasteiger partial charge in [-0.1, -0.05) is 37.3 Å². The first-order valence-corrected chi connectivity index (χ1v) is 11.5. The number of aryl methyl sites for hydroxylation is 1. The number of ether oxygens (including phenoxy) is 1. The van der Waals surface area contributed by atoms with Crippen LogP contribution in [0, 0.1) is 0 Å². The lowest BCUT2D eigenvalue weighted by molar-refractivity contribution is -0.116. The summed E-state index contributed by atoms with van der Waals surface area (Å²) in [5.74, 6) is -0.0234. The number of nitrogens with one attached hydrogen (secondary N) is 2. The molecule has 168 valence electrons. The summed E-state index contributed by atoms with van der Waals surface area (Å²) in [6.45, 7) is 2.56. The second-order valence-corrected chi connectivity index (χ2v) is 9.13. The van der Waals surface area contributed by atoms with Crippen molar-refractivity contribution in [3.05, 3.63) is 65.2 Å². The van der Waals surface area contributed by atoms with Crippen LogP contribution in [0.5, 0.6) is 5.75 Å². The fourth-order valence-corrected chi connectivity index (χ4v) is 4.05. The number of hydrogen-bond acceptors (Lipinski definition) is 5. The Morgan fingerprint density at radius 1 is 1.16 bits per heavy atom. The van der Waals surface area contributed by atoms with Crippen molar-refractivity contribution in [1.82, 2.24) is 14.9 Å². The molecule has 0 unspecified atom stereocenters. The molecule has 0 heterocycles. The topological polar surface area (TPSA) is 87.7 Å². The van der Waals surface area contributed by atoms with Crippen LogP contribution >= 0.6 is 0 Å². The highest BCUT2D eigenvalue weighted by Crippen LogP contribution is 2.25. The van der Waals surface area contributed by atoms with E-state index in [1.807, 2.05) is 14.1 Å². The van der Waals surface area contributed by atoms with Crippen LogP contribution in [0.4, 0.5) is 0 Å². The first kappa shape index (κ1) is 24.6. The third-order valence-corrected chi connectivity index (χ3v) is 6.47. The molecule has 1 amide bonds. The minimum absolute atomic E-state index is 0.0169. The lowest BCUT2D eigenvalue weighted by atomic mass is 10.0. The predicted octanol–water partition coefficient (Wildman–Crippen LogP) is 2.60. The number of likely N-dealkylation sites (N-methyl/N-ethyl adjacent to an activating group) is 1. The van der Waals surface area contributed by atoms with Crippen LogP contribution < -0.4 is 14.8 Å². The van der Waals surface area contributed by atoms with Gasteiger partial charge in [-0.05, 0) is 62.5 Å². The summed E-state index contributed by atoms with van der Waals surface area (Å²) >= 11 is 0. The summed E-state index contributed by atoms with van der Waals surface area (Å²) in [7, 11) is 3.01. The van der Waals surface area contributed by atoms with Crippen molar-refractivity contribution in [2.75, 3.05) is 34.8 Å². The zero-order valence-electron chi connectivity index (χ0n) is 18.7. The van der Waals surface area contributed by atoms with Crippen LogP contribution in [-0.2, 0) is 21.2 Å². The van der Waals surface area contributed by atoms with Gasteiger partial charge >= 0.3 is 0 Å². The molecule has 0 aromatic heterocycles. The molecule has 2 N–H and O–H groups in total. The Kier molecular flexibility index (Phi) is 8.79. The predicted molar refractivity (Wildman–Crippen MR) is 124 cm³/mol. The molecule has 0 fully saturated rings. The molecular formula is C23H31N3O4S. The molecule has 2 rings (SSSR count). The zero-order chi connectivity index (χ0) is 23.0.